The molecule has 8 heteroatoms. The number of rotatable bonds is 7. The van der Waals surface area contributed by atoms with Crippen molar-refractivity contribution in [1.82, 2.24) is 14.8 Å². The predicted molar refractivity (Wildman–Crippen MR) is 119 cm³/mol. The van der Waals surface area contributed by atoms with Gasteiger partial charge in [-0.05, 0) is 48.5 Å². The molecular formula is C22H27ClN4O3. The summed E-state index contributed by atoms with van der Waals surface area (Å²) in [6.07, 6.45) is 3.59. The first kappa shape index (κ1) is 21.9. The fourth-order valence-corrected chi connectivity index (χ4v) is 3.76. The molecule has 7 nitrogen and oxygen atoms in total. The van der Waals surface area contributed by atoms with Gasteiger partial charge in [-0.2, -0.15) is 0 Å². The fraction of sp³-hybridized carbons (Fsp3) is 0.364. The Morgan fingerprint density at radius 3 is 2.67 bits per heavy atom. The highest BCUT2D eigenvalue weighted by atomic mass is 35.5. The summed E-state index contributed by atoms with van der Waals surface area (Å²) in [6.45, 7) is 8.68. The van der Waals surface area contributed by atoms with E-state index < -0.39 is 0 Å². The van der Waals surface area contributed by atoms with Gasteiger partial charge >= 0.3 is 6.09 Å². The number of nitrogens with zero attached hydrogens (tertiary/aromatic N) is 2. The van der Waals surface area contributed by atoms with E-state index >= 15 is 0 Å². The molecule has 0 saturated carbocycles. The van der Waals surface area contributed by atoms with Gasteiger partial charge in [0, 0.05) is 36.2 Å². The third-order valence-electron chi connectivity index (χ3n) is 5.45. The van der Waals surface area contributed by atoms with Crippen LogP contribution in [0.1, 0.15) is 36.2 Å². The lowest BCUT2D eigenvalue weighted by Crippen LogP contribution is -2.23. The Bertz CT molecular complexity index is 965. The van der Waals surface area contributed by atoms with Crippen molar-refractivity contribution in [2.75, 3.05) is 31.6 Å². The minimum atomic E-state index is -0.289. The number of amides is 2. The van der Waals surface area contributed by atoms with Crippen LogP contribution in [0, 0.1) is 0 Å². The van der Waals surface area contributed by atoms with E-state index in [1.807, 2.05) is 30.5 Å². The second kappa shape index (κ2) is 9.36. The number of aromatic nitrogens is 1. The van der Waals surface area contributed by atoms with Gasteiger partial charge in [-0.15, -0.1) is 12.4 Å². The number of nitrogens with one attached hydrogen (secondary N) is 2. The van der Waals surface area contributed by atoms with E-state index in [2.05, 4.69) is 35.1 Å². The average Bonchev–Trinajstić information content (AvgIpc) is 3.41. The average molecular weight is 431 g/mol. The topological polar surface area (TPSA) is 77.7 Å². The molecule has 0 spiro atoms. The van der Waals surface area contributed by atoms with Crippen LogP contribution >= 0.6 is 12.4 Å². The smallest absolute Gasteiger partial charge is 0.410 e. The number of H-pyrrole nitrogens is 1. The van der Waals surface area contributed by atoms with E-state index in [0.29, 0.717) is 25.3 Å². The summed E-state index contributed by atoms with van der Waals surface area (Å²) in [5.74, 6) is -0.113. The number of benzene rings is 1. The van der Waals surface area contributed by atoms with Crippen LogP contribution < -0.4 is 5.32 Å². The molecule has 1 saturated heterocycles. The van der Waals surface area contributed by atoms with Crippen molar-refractivity contribution in [1.29, 1.82) is 0 Å². The molecule has 0 bridgehead atoms. The number of ether oxygens (including phenoxy) is 1. The SMILES string of the molecule is CCN(CC)Cc1c[nH]c(/C=C2\C(=O)Nc3ccc(CN4CCOC4=O)cc32)c1.Cl. The highest BCUT2D eigenvalue weighted by Gasteiger charge is 2.26. The lowest BCUT2D eigenvalue weighted by Gasteiger charge is -2.16. The molecule has 1 aromatic heterocycles. The molecule has 1 aromatic carbocycles. The van der Waals surface area contributed by atoms with Gasteiger partial charge in [0.2, 0.25) is 0 Å². The minimum absolute atomic E-state index is 0. The molecule has 1 fully saturated rings. The van der Waals surface area contributed by atoms with E-state index in [4.69, 9.17) is 4.74 Å². The zero-order chi connectivity index (χ0) is 20.4. The van der Waals surface area contributed by atoms with E-state index in [9.17, 15) is 9.59 Å². The van der Waals surface area contributed by atoms with E-state index in [0.717, 1.165) is 42.1 Å². The molecule has 2 N–H and O–H groups in total. The quantitative estimate of drug-likeness (QED) is 0.656. The Morgan fingerprint density at radius 1 is 1.17 bits per heavy atom. The number of hydrogen-bond acceptors (Lipinski definition) is 4. The van der Waals surface area contributed by atoms with Crippen molar-refractivity contribution in [3.63, 3.8) is 0 Å². The number of carbonyl (C=O) groups is 2. The van der Waals surface area contributed by atoms with Gasteiger partial charge in [-0.3, -0.25) is 9.69 Å². The molecule has 0 unspecified atom stereocenters. The van der Waals surface area contributed by atoms with Gasteiger partial charge in [-0.25, -0.2) is 4.79 Å². The van der Waals surface area contributed by atoms with Crippen molar-refractivity contribution in [2.45, 2.75) is 26.9 Å². The van der Waals surface area contributed by atoms with Crippen LogP contribution in [0.4, 0.5) is 10.5 Å². The van der Waals surface area contributed by atoms with Gasteiger partial charge in [0.1, 0.15) is 6.61 Å². The van der Waals surface area contributed by atoms with E-state index in [1.165, 1.54) is 5.56 Å². The van der Waals surface area contributed by atoms with Crippen LogP contribution in [0.2, 0.25) is 0 Å². The molecule has 4 rings (SSSR count). The number of cyclic esters (lactones) is 1. The van der Waals surface area contributed by atoms with Crippen molar-refractivity contribution < 1.29 is 14.3 Å². The lowest BCUT2D eigenvalue weighted by molar-refractivity contribution is -0.110. The summed E-state index contributed by atoms with van der Waals surface area (Å²) in [7, 11) is 0. The van der Waals surface area contributed by atoms with Crippen LogP contribution in [-0.2, 0) is 22.6 Å². The molecule has 30 heavy (non-hydrogen) atoms. The third kappa shape index (κ3) is 4.52. The molecular weight excluding hydrogens is 404 g/mol. The monoisotopic (exact) mass is 430 g/mol. The predicted octanol–water partition coefficient (Wildman–Crippen LogP) is 3.72. The maximum Gasteiger partial charge on any atom is 0.410 e. The zero-order valence-electron chi connectivity index (χ0n) is 17.2. The maximum atomic E-state index is 12.5. The standard InChI is InChI=1S/C22H26N4O3.ClH/c1-3-25(4-2)13-16-9-17(23-12-16)11-19-18-10-15(5-6-20(18)24-21(19)27)14-26-7-8-29-22(26)28;/h5-6,9-12,23H,3-4,7-8,13-14H2,1-2H3,(H,24,27);1H/b19-11-;. The van der Waals surface area contributed by atoms with Crippen LogP contribution in [0.25, 0.3) is 11.6 Å². The largest absolute Gasteiger partial charge is 0.448 e. The van der Waals surface area contributed by atoms with Crippen LogP contribution in [0.5, 0.6) is 0 Å². The van der Waals surface area contributed by atoms with E-state index in [1.54, 1.807) is 4.90 Å². The van der Waals surface area contributed by atoms with Gasteiger partial charge < -0.3 is 19.9 Å². The van der Waals surface area contributed by atoms with Gasteiger partial charge in [-0.1, -0.05) is 19.9 Å². The molecule has 2 amide bonds. The summed E-state index contributed by atoms with van der Waals surface area (Å²) in [4.78, 5) is 31.5. The summed E-state index contributed by atoms with van der Waals surface area (Å²) >= 11 is 0. The van der Waals surface area contributed by atoms with Crippen LogP contribution in [0.3, 0.4) is 0 Å². The van der Waals surface area contributed by atoms with Crippen molar-refractivity contribution >= 4 is 41.7 Å². The molecule has 0 radical (unpaired) electrons. The Hall–Kier alpha value is -2.77. The molecule has 160 valence electrons. The lowest BCUT2D eigenvalue weighted by atomic mass is 10.0. The summed E-state index contributed by atoms with van der Waals surface area (Å²) in [6, 6.07) is 7.89. The number of carbonyl (C=O) groups excluding carboxylic acids is 2. The number of anilines is 1. The Morgan fingerprint density at radius 2 is 1.97 bits per heavy atom. The number of aromatic amines is 1. The maximum absolute atomic E-state index is 12.5. The van der Waals surface area contributed by atoms with Crippen molar-refractivity contribution in [3.05, 3.63) is 52.8 Å². The number of halogens is 1. The fourth-order valence-electron chi connectivity index (χ4n) is 3.76. The Balaban J connectivity index is 0.00000256. The van der Waals surface area contributed by atoms with Gasteiger partial charge in [0.05, 0.1) is 12.1 Å². The summed E-state index contributed by atoms with van der Waals surface area (Å²) in [5, 5.41) is 2.92. The summed E-state index contributed by atoms with van der Waals surface area (Å²) in [5.41, 5.74) is 5.35. The highest BCUT2D eigenvalue weighted by Crippen LogP contribution is 2.34. The van der Waals surface area contributed by atoms with Crippen LogP contribution in [0.15, 0.2) is 30.5 Å². The van der Waals surface area contributed by atoms with E-state index in [-0.39, 0.29) is 24.4 Å². The summed E-state index contributed by atoms with van der Waals surface area (Å²) < 4.78 is 4.99. The highest BCUT2D eigenvalue weighted by molar-refractivity contribution is 6.34. The minimum Gasteiger partial charge on any atom is -0.448 e. The van der Waals surface area contributed by atoms with Gasteiger partial charge in [0.25, 0.3) is 5.91 Å². The first-order chi connectivity index (χ1) is 14.1. The molecule has 2 aliphatic rings. The Kier molecular flexibility index (Phi) is 6.84. The molecule has 2 aliphatic heterocycles. The third-order valence-corrected chi connectivity index (χ3v) is 5.45. The normalized spacial score (nSPS) is 16.6. The zero-order valence-corrected chi connectivity index (χ0v) is 18.1. The molecule has 0 atom stereocenters. The second-order valence-corrected chi connectivity index (χ2v) is 7.35. The first-order valence-electron chi connectivity index (χ1n) is 10.0. The first-order valence-corrected chi connectivity index (χ1v) is 10.0. The van der Waals surface area contributed by atoms with Crippen molar-refractivity contribution in [3.8, 4) is 0 Å². The Labute approximate surface area is 182 Å². The number of fused-ring (bicyclic) bond motifs is 1. The second-order valence-electron chi connectivity index (χ2n) is 7.35. The molecule has 0 aliphatic carbocycles. The van der Waals surface area contributed by atoms with Gasteiger partial charge in [0.15, 0.2) is 0 Å². The number of hydrogen-bond donors (Lipinski definition) is 2. The van der Waals surface area contributed by atoms with Crippen LogP contribution in [-0.4, -0.2) is 53.0 Å². The molecule has 3 heterocycles. The van der Waals surface area contributed by atoms with Crippen molar-refractivity contribution in [2.24, 2.45) is 0 Å². The molecule has 2 aromatic rings.